The molecule has 5 nitrogen and oxygen atoms in total. The first-order valence-electron chi connectivity index (χ1n) is 4.65. The van der Waals surface area contributed by atoms with Crippen molar-refractivity contribution in [3.63, 3.8) is 0 Å². The summed E-state index contributed by atoms with van der Waals surface area (Å²) < 4.78 is 0. The SMILES string of the molecule is CNCC(C)CNc1cc(=O)[nH]cn1. The van der Waals surface area contributed by atoms with Gasteiger partial charge in [0.1, 0.15) is 5.82 Å². The molecule has 0 bridgehead atoms. The summed E-state index contributed by atoms with van der Waals surface area (Å²) in [4.78, 5) is 17.4. The first kappa shape index (κ1) is 10.7. The Morgan fingerprint density at radius 3 is 3.00 bits per heavy atom. The molecule has 0 aromatic carbocycles. The fourth-order valence-corrected chi connectivity index (χ4v) is 1.16. The summed E-state index contributed by atoms with van der Waals surface area (Å²) in [6.07, 6.45) is 1.40. The van der Waals surface area contributed by atoms with Gasteiger partial charge in [-0.25, -0.2) is 4.98 Å². The Morgan fingerprint density at radius 2 is 2.36 bits per heavy atom. The average Bonchev–Trinajstić information content (AvgIpc) is 2.15. The topological polar surface area (TPSA) is 69.8 Å². The molecule has 78 valence electrons. The van der Waals surface area contributed by atoms with Crippen molar-refractivity contribution in [2.75, 3.05) is 25.5 Å². The Morgan fingerprint density at radius 1 is 1.57 bits per heavy atom. The molecular weight excluding hydrogens is 180 g/mol. The Balaban J connectivity index is 2.41. The molecule has 1 aromatic rings. The van der Waals surface area contributed by atoms with E-state index in [9.17, 15) is 4.79 Å². The maximum Gasteiger partial charge on any atom is 0.252 e. The van der Waals surface area contributed by atoms with Crippen LogP contribution in [-0.2, 0) is 0 Å². The number of aromatic nitrogens is 2. The second-order valence-electron chi connectivity index (χ2n) is 3.34. The van der Waals surface area contributed by atoms with E-state index in [4.69, 9.17) is 0 Å². The summed E-state index contributed by atoms with van der Waals surface area (Å²) in [5.41, 5.74) is -0.135. The van der Waals surface area contributed by atoms with Gasteiger partial charge in [0, 0.05) is 12.6 Å². The maximum absolute atomic E-state index is 10.9. The quantitative estimate of drug-likeness (QED) is 0.622. The van der Waals surface area contributed by atoms with Crippen molar-refractivity contribution < 1.29 is 0 Å². The molecule has 0 saturated carbocycles. The molecule has 0 amide bonds. The number of anilines is 1. The van der Waals surface area contributed by atoms with E-state index < -0.39 is 0 Å². The lowest BCUT2D eigenvalue weighted by atomic mass is 10.2. The Hall–Kier alpha value is -1.36. The Labute approximate surface area is 83.0 Å². The number of hydrogen-bond donors (Lipinski definition) is 3. The molecule has 1 unspecified atom stereocenters. The summed E-state index contributed by atoms with van der Waals surface area (Å²) in [6.45, 7) is 3.87. The van der Waals surface area contributed by atoms with Gasteiger partial charge in [0.25, 0.3) is 5.56 Å². The molecule has 0 aliphatic rings. The van der Waals surface area contributed by atoms with Crippen LogP contribution in [0, 0.1) is 5.92 Å². The molecule has 14 heavy (non-hydrogen) atoms. The summed E-state index contributed by atoms with van der Waals surface area (Å²) in [7, 11) is 1.92. The minimum atomic E-state index is -0.135. The van der Waals surface area contributed by atoms with Crippen LogP contribution in [0.25, 0.3) is 0 Å². The highest BCUT2D eigenvalue weighted by molar-refractivity contribution is 5.31. The van der Waals surface area contributed by atoms with Gasteiger partial charge >= 0.3 is 0 Å². The molecule has 0 fully saturated rings. The van der Waals surface area contributed by atoms with E-state index in [-0.39, 0.29) is 5.56 Å². The number of aromatic amines is 1. The van der Waals surface area contributed by atoms with Gasteiger partial charge in [-0.2, -0.15) is 0 Å². The summed E-state index contributed by atoms with van der Waals surface area (Å²) in [6, 6.07) is 1.45. The molecule has 1 heterocycles. The van der Waals surface area contributed by atoms with Gasteiger partial charge in [-0.1, -0.05) is 6.92 Å². The van der Waals surface area contributed by atoms with Gasteiger partial charge in [0.05, 0.1) is 6.33 Å². The first-order chi connectivity index (χ1) is 6.72. The van der Waals surface area contributed by atoms with E-state index in [0.717, 1.165) is 13.1 Å². The molecule has 0 spiro atoms. The van der Waals surface area contributed by atoms with Crippen LogP contribution in [0.3, 0.4) is 0 Å². The number of H-pyrrole nitrogens is 1. The molecular formula is C9H16N4O. The van der Waals surface area contributed by atoms with Crippen molar-refractivity contribution in [3.05, 3.63) is 22.7 Å². The third kappa shape index (κ3) is 3.57. The number of hydrogen-bond acceptors (Lipinski definition) is 4. The molecule has 1 aromatic heterocycles. The van der Waals surface area contributed by atoms with Gasteiger partial charge in [-0.3, -0.25) is 4.79 Å². The van der Waals surface area contributed by atoms with E-state index in [1.807, 2.05) is 7.05 Å². The average molecular weight is 196 g/mol. The third-order valence-electron chi connectivity index (χ3n) is 1.86. The van der Waals surface area contributed by atoms with Crippen LogP contribution in [0.2, 0.25) is 0 Å². The second-order valence-corrected chi connectivity index (χ2v) is 3.34. The van der Waals surface area contributed by atoms with Gasteiger partial charge in [0.15, 0.2) is 0 Å². The predicted octanol–water partition coefficient (Wildman–Crippen LogP) is 0.0373. The fraction of sp³-hybridized carbons (Fsp3) is 0.556. The van der Waals surface area contributed by atoms with Crippen LogP contribution >= 0.6 is 0 Å². The van der Waals surface area contributed by atoms with Crippen LogP contribution in [0.4, 0.5) is 5.82 Å². The summed E-state index contributed by atoms with van der Waals surface area (Å²) in [5.74, 6) is 1.12. The van der Waals surface area contributed by atoms with Gasteiger partial charge in [-0.05, 0) is 19.5 Å². The van der Waals surface area contributed by atoms with E-state index >= 15 is 0 Å². The van der Waals surface area contributed by atoms with Crippen LogP contribution in [-0.4, -0.2) is 30.1 Å². The van der Waals surface area contributed by atoms with Crippen LogP contribution in [0.1, 0.15) is 6.92 Å². The lowest BCUT2D eigenvalue weighted by molar-refractivity contribution is 0.568. The van der Waals surface area contributed by atoms with Crippen LogP contribution < -0.4 is 16.2 Å². The highest BCUT2D eigenvalue weighted by Crippen LogP contribution is 1.98. The predicted molar refractivity (Wildman–Crippen MR) is 56.4 cm³/mol. The minimum absolute atomic E-state index is 0.135. The normalized spacial score (nSPS) is 12.4. The maximum atomic E-state index is 10.9. The zero-order chi connectivity index (χ0) is 10.4. The van der Waals surface area contributed by atoms with Crippen molar-refractivity contribution in [1.29, 1.82) is 0 Å². The van der Waals surface area contributed by atoms with E-state index in [2.05, 4.69) is 27.5 Å². The highest BCUT2D eigenvalue weighted by Gasteiger charge is 2.00. The second kappa shape index (κ2) is 5.39. The Kier molecular flexibility index (Phi) is 4.12. The summed E-state index contributed by atoms with van der Waals surface area (Å²) >= 11 is 0. The lowest BCUT2D eigenvalue weighted by Crippen LogP contribution is -2.23. The third-order valence-corrected chi connectivity index (χ3v) is 1.86. The molecule has 0 radical (unpaired) electrons. The van der Waals surface area contributed by atoms with Gasteiger partial charge < -0.3 is 15.6 Å². The van der Waals surface area contributed by atoms with Gasteiger partial charge in [0.2, 0.25) is 0 Å². The lowest BCUT2D eigenvalue weighted by Gasteiger charge is -2.11. The summed E-state index contributed by atoms with van der Waals surface area (Å²) in [5, 5.41) is 6.19. The van der Waals surface area contributed by atoms with Crippen molar-refractivity contribution >= 4 is 5.82 Å². The minimum Gasteiger partial charge on any atom is -0.370 e. The van der Waals surface area contributed by atoms with E-state index in [0.29, 0.717) is 11.7 Å². The first-order valence-corrected chi connectivity index (χ1v) is 4.65. The fourth-order valence-electron chi connectivity index (χ4n) is 1.16. The van der Waals surface area contributed by atoms with Crippen molar-refractivity contribution in [2.45, 2.75) is 6.92 Å². The van der Waals surface area contributed by atoms with E-state index in [1.54, 1.807) is 0 Å². The van der Waals surface area contributed by atoms with E-state index in [1.165, 1.54) is 12.4 Å². The molecule has 5 heteroatoms. The standard InChI is InChI=1S/C9H16N4O/c1-7(4-10-2)5-11-8-3-9(14)13-6-12-8/h3,6-7,10H,4-5H2,1-2H3,(H2,11,12,13,14). The molecule has 1 rings (SSSR count). The zero-order valence-electron chi connectivity index (χ0n) is 8.50. The molecule has 0 saturated heterocycles. The van der Waals surface area contributed by atoms with Crippen LogP contribution in [0.15, 0.2) is 17.2 Å². The van der Waals surface area contributed by atoms with Crippen molar-refractivity contribution in [1.82, 2.24) is 15.3 Å². The van der Waals surface area contributed by atoms with Gasteiger partial charge in [-0.15, -0.1) is 0 Å². The molecule has 3 N–H and O–H groups in total. The van der Waals surface area contributed by atoms with Crippen molar-refractivity contribution in [3.8, 4) is 0 Å². The monoisotopic (exact) mass is 196 g/mol. The van der Waals surface area contributed by atoms with Crippen LogP contribution in [0.5, 0.6) is 0 Å². The molecule has 0 aliphatic carbocycles. The smallest absolute Gasteiger partial charge is 0.252 e. The zero-order valence-corrected chi connectivity index (χ0v) is 8.50. The van der Waals surface area contributed by atoms with Crippen molar-refractivity contribution in [2.24, 2.45) is 5.92 Å². The number of rotatable bonds is 5. The number of nitrogens with one attached hydrogen (secondary N) is 3. The highest BCUT2D eigenvalue weighted by atomic mass is 16.1. The molecule has 0 aliphatic heterocycles. The molecule has 1 atom stereocenters. The number of nitrogens with zero attached hydrogens (tertiary/aromatic N) is 1. The largest absolute Gasteiger partial charge is 0.370 e. The Bertz CT molecular complexity index is 323.